The van der Waals surface area contributed by atoms with Gasteiger partial charge in [0.1, 0.15) is 11.8 Å². The molecular weight excluding hydrogens is 484 g/mol. The zero-order valence-electron chi connectivity index (χ0n) is 21.5. The van der Waals surface area contributed by atoms with Crippen LogP contribution in [0.1, 0.15) is 65.8 Å². The number of hydrogen-bond acceptors (Lipinski definition) is 6. The number of fused-ring (bicyclic) bond motifs is 3. The fourth-order valence-electron chi connectivity index (χ4n) is 6.86. The van der Waals surface area contributed by atoms with Gasteiger partial charge in [-0.2, -0.15) is 10.4 Å². The number of hydrazone groups is 1. The molecule has 2 fully saturated rings. The Morgan fingerprint density at radius 1 is 1.16 bits per heavy atom. The van der Waals surface area contributed by atoms with Crippen LogP contribution in [-0.2, 0) is 6.42 Å². The molecule has 1 aromatic carbocycles. The average molecular weight is 517 g/mol. The summed E-state index contributed by atoms with van der Waals surface area (Å²) < 4.78 is 0. The number of likely N-dealkylation sites (N-methyl/N-ethyl adjacent to an activating group) is 2. The lowest BCUT2D eigenvalue weighted by Crippen LogP contribution is -2.41. The third kappa shape index (κ3) is 4.30. The van der Waals surface area contributed by atoms with Gasteiger partial charge in [-0.15, -0.1) is 0 Å². The summed E-state index contributed by atoms with van der Waals surface area (Å²) in [6, 6.07) is 12.2. The Bertz CT molecular complexity index is 1300. The van der Waals surface area contributed by atoms with E-state index < -0.39 is 0 Å². The minimum atomic E-state index is -0.00346. The first-order chi connectivity index (χ1) is 17.9. The van der Waals surface area contributed by atoms with E-state index in [4.69, 9.17) is 21.7 Å². The molecule has 3 unspecified atom stereocenters. The van der Waals surface area contributed by atoms with Gasteiger partial charge in [-0.3, -0.25) is 9.80 Å². The normalized spacial score (nSPS) is 25.5. The molecule has 3 heterocycles. The SMILES string of the molecule is CN1CCC(N(C)C(=O)c2ccc3c(n2)CCC2C3=NN(c3ccc(C#N)c(Cl)c3)C2C2CCCC2)C1. The van der Waals surface area contributed by atoms with Crippen LogP contribution in [-0.4, -0.2) is 65.7 Å². The molecule has 0 N–H and O–H groups in total. The number of amides is 1. The molecule has 0 spiro atoms. The predicted octanol–water partition coefficient (Wildman–Crippen LogP) is 4.73. The summed E-state index contributed by atoms with van der Waals surface area (Å²) in [5.41, 5.74) is 5.07. The van der Waals surface area contributed by atoms with Crippen molar-refractivity contribution in [3.05, 3.63) is 57.9 Å². The molecule has 2 aliphatic heterocycles. The number of aryl methyl sites for hydroxylation is 1. The van der Waals surface area contributed by atoms with Crippen LogP contribution < -0.4 is 5.01 Å². The fraction of sp³-hybridized carbons (Fsp3) is 0.517. The summed E-state index contributed by atoms with van der Waals surface area (Å²) in [6.45, 7) is 1.92. The number of nitriles is 1. The van der Waals surface area contributed by atoms with E-state index in [0.717, 1.165) is 55.0 Å². The van der Waals surface area contributed by atoms with Crippen molar-refractivity contribution in [2.24, 2.45) is 16.9 Å². The molecule has 192 valence electrons. The molecule has 1 aromatic heterocycles. The predicted molar refractivity (Wildman–Crippen MR) is 145 cm³/mol. The molecule has 1 saturated heterocycles. The summed E-state index contributed by atoms with van der Waals surface area (Å²) in [5, 5.41) is 17.2. The average Bonchev–Trinajstić information content (AvgIpc) is 3.67. The van der Waals surface area contributed by atoms with Crippen LogP contribution in [0.15, 0.2) is 35.4 Å². The van der Waals surface area contributed by atoms with Crippen LogP contribution in [0.5, 0.6) is 0 Å². The molecule has 2 aromatic rings. The van der Waals surface area contributed by atoms with E-state index in [-0.39, 0.29) is 18.0 Å². The first kappa shape index (κ1) is 24.4. The second kappa shape index (κ2) is 9.74. The number of likely N-dealkylation sites (tertiary alicyclic amines) is 1. The van der Waals surface area contributed by atoms with Gasteiger partial charge >= 0.3 is 0 Å². The molecule has 0 bridgehead atoms. The van der Waals surface area contributed by atoms with Crippen molar-refractivity contribution >= 4 is 28.9 Å². The third-order valence-electron chi connectivity index (χ3n) is 8.88. The summed E-state index contributed by atoms with van der Waals surface area (Å²) in [6.07, 6.45) is 7.78. The van der Waals surface area contributed by atoms with Gasteiger partial charge in [0.05, 0.1) is 33.7 Å². The van der Waals surface area contributed by atoms with Crippen molar-refractivity contribution in [2.45, 2.75) is 57.0 Å². The number of aromatic nitrogens is 1. The number of pyridine rings is 1. The maximum absolute atomic E-state index is 13.3. The Kier molecular flexibility index (Phi) is 6.42. The summed E-state index contributed by atoms with van der Waals surface area (Å²) in [7, 11) is 4.00. The second-order valence-corrected chi connectivity index (χ2v) is 11.5. The number of anilines is 1. The number of carbonyl (C=O) groups is 1. The quantitative estimate of drug-likeness (QED) is 0.587. The van der Waals surface area contributed by atoms with Crippen LogP contribution >= 0.6 is 11.6 Å². The smallest absolute Gasteiger partial charge is 0.272 e. The van der Waals surface area contributed by atoms with Gasteiger partial charge in [-0.1, -0.05) is 24.4 Å². The van der Waals surface area contributed by atoms with Gasteiger partial charge < -0.3 is 9.80 Å². The molecule has 37 heavy (non-hydrogen) atoms. The number of halogens is 1. The van der Waals surface area contributed by atoms with Crippen molar-refractivity contribution in [2.75, 3.05) is 32.2 Å². The van der Waals surface area contributed by atoms with Gasteiger partial charge in [0.2, 0.25) is 0 Å². The van der Waals surface area contributed by atoms with E-state index in [9.17, 15) is 10.1 Å². The first-order valence-corrected chi connectivity index (χ1v) is 13.9. The highest BCUT2D eigenvalue weighted by Gasteiger charge is 2.46. The summed E-state index contributed by atoms with van der Waals surface area (Å²) in [5.74, 6) is 0.899. The van der Waals surface area contributed by atoms with Crippen molar-refractivity contribution in [3.63, 3.8) is 0 Å². The molecule has 8 heteroatoms. The standard InChI is InChI=1S/C29H33ClN6O/c1-34-14-13-21(17-34)35(2)29(37)26-12-9-22-25(32-26)11-10-23-27(22)33-36(28(23)18-5-3-4-6-18)20-8-7-19(16-31)24(30)15-20/h7-9,12,15,18,21,23,28H,3-6,10-11,13-14,17H2,1-2H3. The first-order valence-electron chi connectivity index (χ1n) is 13.5. The zero-order valence-corrected chi connectivity index (χ0v) is 22.3. The van der Waals surface area contributed by atoms with Crippen LogP contribution in [0.4, 0.5) is 5.69 Å². The van der Waals surface area contributed by atoms with Crippen LogP contribution in [0.25, 0.3) is 0 Å². The molecule has 7 nitrogen and oxygen atoms in total. The Hall–Kier alpha value is -2.95. The number of nitrogens with zero attached hydrogens (tertiary/aromatic N) is 6. The van der Waals surface area contributed by atoms with E-state index in [2.05, 4.69) is 29.1 Å². The largest absolute Gasteiger partial charge is 0.336 e. The van der Waals surface area contributed by atoms with E-state index in [1.165, 1.54) is 25.7 Å². The molecule has 4 aliphatic rings. The third-order valence-corrected chi connectivity index (χ3v) is 9.19. The number of carbonyl (C=O) groups excluding carboxylic acids is 1. The molecule has 6 rings (SSSR count). The van der Waals surface area contributed by atoms with Gasteiger partial charge in [-0.05, 0) is 81.9 Å². The molecule has 0 radical (unpaired) electrons. The highest BCUT2D eigenvalue weighted by Crippen LogP contribution is 2.45. The highest BCUT2D eigenvalue weighted by molar-refractivity contribution is 6.32. The van der Waals surface area contributed by atoms with E-state index in [1.54, 1.807) is 6.07 Å². The Morgan fingerprint density at radius 3 is 2.68 bits per heavy atom. The van der Waals surface area contributed by atoms with Gasteiger partial charge in [0.15, 0.2) is 0 Å². The van der Waals surface area contributed by atoms with Crippen LogP contribution in [0, 0.1) is 23.2 Å². The summed E-state index contributed by atoms with van der Waals surface area (Å²) in [4.78, 5) is 22.3. The van der Waals surface area contributed by atoms with E-state index >= 15 is 0 Å². The lowest BCUT2D eigenvalue weighted by Gasteiger charge is -2.34. The second-order valence-electron chi connectivity index (χ2n) is 11.1. The van der Waals surface area contributed by atoms with E-state index in [0.29, 0.717) is 28.1 Å². The lowest BCUT2D eigenvalue weighted by molar-refractivity contribution is 0.0731. The van der Waals surface area contributed by atoms with Crippen molar-refractivity contribution in [3.8, 4) is 6.07 Å². The van der Waals surface area contributed by atoms with Crippen LogP contribution in [0.3, 0.4) is 0 Å². The molecule has 1 amide bonds. The number of benzene rings is 1. The Labute approximate surface area is 223 Å². The van der Waals surface area contributed by atoms with Gasteiger partial charge in [0, 0.05) is 31.1 Å². The van der Waals surface area contributed by atoms with Crippen molar-refractivity contribution in [1.82, 2.24) is 14.8 Å². The number of rotatable bonds is 4. The Morgan fingerprint density at radius 2 is 1.97 bits per heavy atom. The number of hydrogen-bond donors (Lipinski definition) is 0. The molecule has 1 saturated carbocycles. The maximum atomic E-state index is 13.3. The fourth-order valence-corrected chi connectivity index (χ4v) is 7.07. The van der Waals surface area contributed by atoms with Crippen LogP contribution in [0.2, 0.25) is 5.02 Å². The lowest BCUT2D eigenvalue weighted by atomic mass is 9.76. The Balaban J connectivity index is 1.32. The summed E-state index contributed by atoms with van der Waals surface area (Å²) >= 11 is 6.43. The van der Waals surface area contributed by atoms with Gasteiger partial charge in [-0.25, -0.2) is 4.98 Å². The topological polar surface area (TPSA) is 75.8 Å². The maximum Gasteiger partial charge on any atom is 0.272 e. The zero-order chi connectivity index (χ0) is 25.7. The van der Waals surface area contributed by atoms with E-state index in [1.807, 2.05) is 30.1 Å². The minimum Gasteiger partial charge on any atom is -0.336 e. The monoisotopic (exact) mass is 516 g/mol. The van der Waals surface area contributed by atoms with Crippen molar-refractivity contribution < 1.29 is 4.79 Å². The molecule has 2 aliphatic carbocycles. The minimum absolute atomic E-state index is 0.00346. The highest BCUT2D eigenvalue weighted by atomic mass is 35.5. The van der Waals surface area contributed by atoms with Gasteiger partial charge in [0.25, 0.3) is 5.91 Å². The molecule has 3 atom stereocenters. The van der Waals surface area contributed by atoms with Crippen molar-refractivity contribution in [1.29, 1.82) is 5.26 Å². The molecular formula is C29H33ClN6O.